The quantitative estimate of drug-likeness (QED) is 0.839. The van der Waals surface area contributed by atoms with Gasteiger partial charge in [-0.25, -0.2) is 18.1 Å². The van der Waals surface area contributed by atoms with Gasteiger partial charge in [0.25, 0.3) is 0 Å². The van der Waals surface area contributed by atoms with Crippen LogP contribution in [0.1, 0.15) is 6.42 Å². The van der Waals surface area contributed by atoms with Gasteiger partial charge >= 0.3 is 0 Å². The van der Waals surface area contributed by atoms with Crippen molar-refractivity contribution in [2.45, 2.75) is 11.3 Å². The smallest absolute Gasteiger partial charge is 0.240 e. The summed E-state index contributed by atoms with van der Waals surface area (Å²) in [6.07, 6.45) is 2.41. The fourth-order valence-electron chi connectivity index (χ4n) is 2.06. The molecule has 0 saturated carbocycles. The predicted molar refractivity (Wildman–Crippen MR) is 70.0 cm³/mol. The molecule has 0 amide bonds. The Morgan fingerprint density at radius 1 is 1.61 bits per heavy atom. The zero-order valence-electron chi connectivity index (χ0n) is 10.1. The molecule has 0 aliphatic carbocycles. The van der Waals surface area contributed by atoms with Gasteiger partial charge < -0.3 is 4.90 Å². The number of hydrogen-bond acceptors (Lipinski definition) is 4. The molecule has 1 N–H and O–H groups in total. The third-order valence-electron chi connectivity index (χ3n) is 3.06. The predicted octanol–water partition coefficient (Wildman–Crippen LogP) is 0.965. The van der Waals surface area contributed by atoms with Crippen LogP contribution >= 0.6 is 11.6 Å². The Morgan fingerprint density at radius 2 is 2.39 bits per heavy atom. The van der Waals surface area contributed by atoms with Crippen LogP contribution in [0.2, 0.25) is 5.15 Å². The summed E-state index contributed by atoms with van der Waals surface area (Å²) >= 11 is 5.69. The Morgan fingerprint density at radius 3 is 3.00 bits per heavy atom. The second kappa shape index (κ2) is 5.52. The van der Waals surface area contributed by atoms with Crippen LogP contribution < -0.4 is 4.72 Å². The van der Waals surface area contributed by atoms with E-state index >= 15 is 0 Å². The Kier molecular flexibility index (Phi) is 4.21. The third-order valence-corrected chi connectivity index (χ3v) is 4.69. The van der Waals surface area contributed by atoms with E-state index in [2.05, 4.69) is 14.6 Å². The van der Waals surface area contributed by atoms with Gasteiger partial charge in [-0.3, -0.25) is 0 Å². The monoisotopic (exact) mass is 289 g/mol. The van der Waals surface area contributed by atoms with Crippen molar-refractivity contribution >= 4 is 21.6 Å². The topological polar surface area (TPSA) is 62.3 Å². The standard InChI is InChI=1S/C11H16ClN3O2S/c1-15-5-3-9(8-15)7-14-18(16,17)10-2-4-13-11(12)6-10/h2,4,6,9,14H,3,5,7-8H2,1H3. The van der Waals surface area contributed by atoms with Crippen LogP contribution in [0.3, 0.4) is 0 Å². The lowest BCUT2D eigenvalue weighted by Crippen LogP contribution is -2.30. The molecule has 1 unspecified atom stereocenters. The fourth-order valence-corrected chi connectivity index (χ4v) is 3.42. The average Bonchev–Trinajstić information content (AvgIpc) is 2.73. The Bertz CT molecular complexity index is 521. The molecule has 1 aliphatic heterocycles. The molecule has 2 heterocycles. The molecule has 0 radical (unpaired) electrons. The maximum absolute atomic E-state index is 12.0. The maximum Gasteiger partial charge on any atom is 0.240 e. The minimum atomic E-state index is -3.48. The Hall–Kier alpha value is -0.690. The van der Waals surface area contributed by atoms with E-state index < -0.39 is 10.0 Å². The van der Waals surface area contributed by atoms with Gasteiger partial charge in [0, 0.05) is 19.3 Å². The fraction of sp³-hybridized carbons (Fsp3) is 0.545. The van der Waals surface area contributed by atoms with Gasteiger partial charge in [0.15, 0.2) is 0 Å². The molecule has 0 aromatic carbocycles. The normalized spacial score (nSPS) is 21.3. The van der Waals surface area contributed by atoms with Gasteiger partial charge in [-0.2, -0.15) is 0 Å². The number of aromatic nitrogens is 1. The average molecular weight is 290 g/mol. The number of pyridine rings is 1. The summed E-state index contributed by atoms with van der Waals surface area (Å²) in [6, 6.07) is 2.79. The van der Waals surface area contributed by atoms with Crippen LogP contribution in [-0.4, -0.2) is 45.0 Å². The van der Waals surface area contributed by atoms with Gasteiger partial charge in [0.2, 0.25) is 10.0 Å². The first-order valence-corrected chi connectivity index (χ1v) is 7.63. The minimum Gasteiger partial charge on any atom is -0.306 e. The number of halogens is 1. The molecule has 2 rings (SSSR count). The van der Waals surface area contributed by atoms with E-state index in [1.54, 1.807) is 0 Å². The van der Waals surface area contributed by atoms with Crippen molar-refractivity contribution in [2.75, 3.05) is 26.7 Å². The summed E-state index contributed by atoms with van der Waals surface area (Å²) in [6.45, 7) is 2.42. The summed E-state index contributed by atoms with van der Waals surface area (Å²) in [5.74, 6) is 0.377. The molecule has 0 bridgehead atoms. The van der Waals surface area contributed by atoms with Gasteiger partial charge in [-0.1, -0.05) is 11.6 Å². The van der Waals surface area contributed by atoms with Gasteiger partial charge in [-0.15, -0.1) is 0 Å². The SMILES string of the molecule is CN1CCC(CNS(=O)(=O)c2ccnc(Cl)c2)C1. The van der Waals surface area contributed by atoms with E-state index in [9.17, 15) is 8.42 Å². The molecule has 18 heavy (non-hydrogen) atoms. The zero-order valence-corrected chi connectivity index (χ0v) is 11.7. The number of rotatable bonds is 4. The van der Waals surface area contributed by atoms with Crippen LogP contribution in [0, 0.1) is 5.92 Å². The van der Waals surface area contributed by atoms with Crippen molar-refractivity contribution in [3.8, 4) is 0 Å². The second-order valence-corrected chi connectivity index (χ2v) is 6.74. The van der Waals surface area contributed by atoms with Crippen molar-refractivity contribution < 1.29 is 8.42 Å². The van der Waals surface area contributed by atoms with Crippen molar-refractivity contribution in [1.29, 1.82) is 0 Å². The second-order valence-electron chi connectivity index (χ2n) is 4.58. The molecule has 0 spiro atoms. The number of likely N-dealkylation sites (tertiary alicyclic amines) is 1. The third kappa shape index (κ3) is 3.41. The molecule has 1 aromatic heterocycles. The molecule has 1 aromatic rings. The molecule has 1 fully saturated rings. The highest BCUT2D eigenvalue weighted by Gasteiger charge is 2.22. The Balaban J connectivity index is 1.99. The molecule has 1 saturated heterocycles. The van der Waals surface area contributed by atoms with Gasteiger partial charge in [0.1, 0.15) is 5.15 Å². The van der Waals surface area contributed by atoms with Crippen molar-refractivity contribution in [3.63, 3.8) is 0 Å². The Labute approximate surface area is 112 Å². The van der Waals surface area contributed by atoms with E-state index in [-0.39, 0.29) is 10.0 Å². The molecule has 5 nitrogen and oxygen atoms in total. The van der Waals surface area contributed by atoms with Crippen molar-refractivity contribution in [1.82, 2.24) is 14.6 Å². The molecule has 1 atom stereocenters. The maximum atomic E-state index is 12.0. The molecule has 1 aliphatic rings. The first kappa shape index (κ1) is 13.7. The van der Waals surface area contributed by atoms with E-state index in [0.29, 0.717) is 12.5 Å². The number of nitrogens with zero attached hydrogens (tertiary/aromatic N) is 2. The van der Waals surface area contributed by atoms with Crippen LogP contribution in [0.15, 0.2) is 23.2 Å². The molecule has 7 heteroatoms. The highest BCUT2D eigenvalue weighted by molar-refractivity contribution is 7.89. The first-order chi connectivity index (χ1) is 8.47. The molecular weight excluding hydrogens is 274 g/mol. The largest absolute Gasteiger partial charge is 0.306 e. The number of hydrogen-bond donors (Lipinski definition) is 1. The first-order valence-electron chi connectivity index (χ1n) is 5.77. The lowest BCUT2D eigenvalue weighted by Gasteiger charge is -2.12. The number of nitrogens with one attached hydrogen (secondary N) is 1. The summed E-state index contributed by atoms with van der Waals surface area (Å²) in [4.78, 5) is 6.13. The molecular formula is C11H16ClN3O2S. The lowest BCUT2D eigenvalue weighted by atomic mass is 10.1. The zero-order chi connectivity index (χ0) is 13.2. The van der Waals surface area contributed by atoms with E-state index in [0.717, 1.165) is 19.5 Å². The van der Waals surface area contributed by atoms with E-state index in [1.165, 1.54) is 18.3 Å². The summed E-state index contributed by atoms with van der Waals surface area (Å²) in [5, 5.41) is 0.179. The minimum absolute atomic E-state index is 0.161. The van der Waals surface area contributed by atoms with Crippen LogP contribution in [-0.2, 0) is 10.0 Å². The van der Waals surface area contributed by atoms with Gasteiger partial charge in [-0.05, 0) is 38.1 Å². The summed E-state index contributed by atoms with van der Waals surface area (Å²) in [7, 11) is -1.44. The van der Waals surface area contributed by atoms with Crippen LogP contribution in [0.5, 0.6) is 0 Å². The summed E-state index contributed by atoms with van der Waals surface area (Å²) in [5.41, 5.74) is 0. The van der Waals surface area contributed by atoms with Crippen LogP contribution in [0.4, 0.5) is 0 Å². The highest BCUT2D eigenvalue weighted by atomic mass is 35.5. The number of sulfonamides is 1. The summed E-state index contributed by atoms with van der Waals surface area (Å²) < 4.78 is 26.6. The van der Waals surface area contributed by atoms with Crippen LogP contribution in [0.25, 0.3) is 0 Å². The van der Waals surface area contributed by atoms with E-state index in [4.69, 9.17) is 11.6 Å². The molecule has 100 valence electrons. The van der Waals surface area contributed by atoms with Gasteiger partial charge in [0.05, 0.1) is 4.90 Å². The highest BCUT2D eigenvalue weighted by Crippen LogP contribution is 2.16. The van der Waals surface area contributed by atoms with Crippen molar-refractivity contribution in [3.05, 3.63) is 23.5 Å². The van der Waals surface area contributed by atoms with Crippen molar-refractivity contribution in [2.24, 2.45) is 5.92 Å². The van der Waals surface area contributed by atoms with E-state index in [1.807, 2.05) is 7.05 Å². The lowest BCUT2D eigenvalue weighted by molar-refractivity contribution is 0.394.